The normalized spacial score (nSPS) is 10.9. The number of carbonyl (C=O) groups excluding carboxylic acids is 1. The predicted molar refractivity (Wildman–Crippen MR) is 97.0 cm³/mol. The zero-order valence-electron chi connectivity index (χ0n) is 13.8. The molecule has 1 heterocycles. The topological polar surface area (TPSA) is 46.9 Å². The fraction of sp³-hybridized carbons (Fsp3) is 0.158. The molecule has 3 rings (SSSR count). The first kappa shape index (κ1) is 17.2. The number of rotatable bonds is 4. The molecular formula is C19H17ClFN3O. The highest BCUT2D eigenvalue weighted by atomic mass is 35.5. The molecule has 1 N–H and O–H groups in total. The first-order chi connectivity index (χ1) is 12.0. The number of halogens is 2. The van der Waals surface area contributed by atoms with Gasteiger partial charge in [0.05, 0.1) is 23.1 Å². The van der Waals surface area contributed by atoms with Gasteiger partial charge in [0.15, 0.2) is 0 Å². The largest absolute Gasteiger partial charge is 0.322 e. The summed E-state index contributed by atoms with van der Waals surface area (Å²) in [7, 11) is 0. The Balaban J connectivity index is 1.94. The molecule has 1 aromatic heterocycles. The molecular weight excluding hydrogens is 341 g/mol. The third kappa shape index (κ3) is 3.72. The van der Waals surface area contributed by atoms with Crippen molar-refractivity contribution < 1.29 is 9.18 Å². The van der Waals surface area contributed by atoms with Crippen molar-refractivity contribution >= 4 is 23.2 Å². The molecule has 0 aliphatic rings. The highest BCUT2D eigenvalue weighted by Gasteiger charge is 2.21. The van der Waals surface area contributed by atoms with Crippen LogP contribution in [0.5, 0.6) is 0 Å². The van der Waals surface area contributed by atoms with Crippen molar-refractivity contribution in [1.82, 2.24) is 9.78 Å². The van der Waals surface area contributed by atoms with E-state index >= 15 is 0 Å². The first-order valence-corrected chi connectivity index (χ1v) is 8.24. The summed E-state index contributed by atoms with van der Waals surface area (Å²) >= 11 is 5.86. The van der Waals surface area contributed by atoms with Gasteiger partial charge in [0, 0.05) is 10.7 Å². The minimum absolute atomic E-state index is 0.0542. The highest BCUT2D eigenvalue weighted by molar-refractivity contribution is 6.30. The summed E-state index contributed by atoms with van der Waals surface area (Å²) < 4.78 is 14.8. The minimum atomic E-state index is -0.317. The number of amides is 1. The van der Waals surface area contributed by atoms with Crippen LogP contribution in [0.2, 0.25) is 5.02 Å². The Morgan fingerprint density at radius 2 is 1.76 bits per heavy atom. The van der Waals surface area contributed by atoms with Crippen molar-refractivity contribution in [3.63, 3.8) is 0 Å². The molecule has 0 aliphatic heterocycles. The van der Waals surface area contributed by atoms with Gasteiger partial charge < -0.3 is 5.32 Å². The zero-order valence-corrected chi connectivity index (χ0v) is 14.6. The standard InChI is InChI=1S/C19H17ClFN3O/c1-12(2)18-17(19(25)23-15-7-3-13(20)4-8-15)11-22-24(18)16-9-5-14(21)6-10-16/h3-12H,1-2H3,(H,23,25). The third-order valence-electron chi connectivity index (χ3n) is 3.77. The predicted octanol–water partition coefficient (Wildman–Crippen LogP) is 5.04. The molecule has 6 heteroatoms. The lowest BCUT2D eigenvalue weighted by molar-refractivity contribution is 0.102. The van der Waals surface area contributed by atoms with Gasteiger partial charge in [-0.05, 0) is 54.4 Å². The molecule has 0 bridgehead atoms. The summed E-state index contributed by atoms with van der Waals surface area (Å²) in [4.78, 5) is 12.7. The molecule has 0 radical (unpaired) electrons. The SMILES string of the molecule is CC(C)c1c(C(=O)Nc2ccc(Cl)cc2)cnn1-c1ccc(F)cc1. The molecule has 0 unspecified atom stereocenters. The van der Waals surface area contributed by atoms with E-state index in [1.807, 2.05) is 13.8 Å². The number of hydrogen-bond acceptors (Lipinski definition) is 2. The van der Waals surface area contributed by atoms with E-state index in [4.69, 9.17) is 11.6 Å². The second-order valence-corrected chi connectivity index (χ2v) is 6.38. The van der Waals surface area contributed by atoms with Gasteiger partial charge in [-0.3, -0.25) is 4.79 Å². The summed E-state index contributed by atoms with van der Waals surface area (Å²) in [6.07, 6.45) is 1.53. The number of nitrogens with one attached hydrogen (secondary N) is 1. The number of anilines is 1. The Morgan fingerprint density at radius 1 is 1.12 bits per heavy atom. The molecule has 1 amide bonds. The fourth-order valence-electron chi connectivity index (χ4n) is 2.61. The number of nitrogens with zero attached hydrogens (tertiary/aromatic N) is 2. The summed E-state index contributed by atoms with van der Waals surface area (Å²) in [6.45, 7) is 3.96. The van der Waals surface area contributed by atoms with Gasteiger partial charge in [0.1, 0.15) is 5.82 Å². The van der Waals surface area contributed by atoms with Crippen molar-refractivity contribution in [3.05, 3.63) is 76.8 Å². The summed E-state index contributed by atoms with van der Waals surface area (Å²) in [5, 5.41) is 7.77. The Hall–Kier alpha value is -2.66. The van der Waals surface area contributed by atoms with Gasteiger partial charge in [-0.25, -0.2) is 9.07 Å². The Kier molecular flexibility index (Phi) is 4.86. The molecule has 128 valence electrons. The van der Waals surface area contributed by atoms with Crippen molar-refractivity contribution in [2.24, 2.45) is 0 Å². The highest BCUT2D eigenvalue weighted by Crippen LogP contribution is 2.24. The van der Waals surface area contributed by atoms with E-state index < -0.39 is 0 Å². The number of benzene rings is 2. The maximum absolute atomic E-state index is 13.2. The van der Waals surface area contributed by atoms with E-state index in [0.29, 0.717) is 22.0 Å². The van der Waals surface area contributed by atoms with Crippen LogP contribution in [0, 0.1) is 5.82 Å². The number of carbonyl (C=O) groups is 1. The van der Waals surface area contributed by atoms with Gasteiger partial charge in [-0.2, -0.15) is 5.10 Å². The van der Waals surface area contributed by atoms with Gasteiger partial charge in [0.25, 0.3) is 5.91 Å². The average molecular weight is 358 g/mol. The van der Waals surface area contributed by atoms with Gasteiger partial charge in [-0.1, -0.05) is 25.4 Å². The zero-order chi connectivity index (χ0) is 18.0. The smallest absolute Gasteiger partial charge is 0.259 e. The first-order valence-electron chi connectivity index (χ1n) is 7.86. The minimum Gasteiger partial charge on any atom is -0.322 e. The maximum Gasteiger partial charge on any atom is 0.259 e. The van der Waals surface area contributed by atoms with E-state index in [-0.39, 0.29) is 17.6 Å². The lowest BCUT2D eigenvalue weighted by Gasteiger charge is -2.13. The van der Waals surface area contributed by atoms with E-state index in [9.17, 15) is 9.18 Å². The average Bonchev–Trinajstić information content (AvgIpc) is 3.03. The Morgan fingerprint density at radius 3 is 2.36 bits per heavy atom. The van der Waals surface area contributed by atoms with Crippen LogP contribution in [0.25, 0.3) is 5.69 Å². The van der Waals surface area contributed by atoms with Crippen molar-refractivity contribution in [2.45, 2.75) is 19.8 Å². The van der Waals surface area contributed by atoms with Crippen molar-refractivity contribution in [2.75, 3.05) is 5.32 Å². The molecule has 0 fully saturated rings. The molecule has 0 saturated carbocycles. The van der Waals surface area contributed by atoms with Crippen LogP contribution >= 0.6 is 11.6 Å². The van der Waals surface area contributed by atoms with E-state index in [1.165, 1.54) is 18.3 Å². The second-order valence-electron chi connectivity index (χ2n) is 5.95. The monoisotopic (exact) mass is 357 g/mol. The van der Waals surface area contributed by atoms with Crippen LogP contribution in [-0.2, 0) is 0 Å². The van der Waals surface area contributed by atoms with E-state index in [0.717, 1.165) is 5.69 Å². The van der Waals surface area contributed by atoms with Gasteiger partial charge in [0.2, 0.25) is 0 Å². The van der Waals surface area contributed by atoms with Crippen LogP contribution in [0.15, 0.2) is 54.7 Å². The molecule has 3 aromatic rings. The molecule has 25 heavy (non-hydrogen) atoms. The summed E-state index contributed by atoms with van der Waals surface area (Å²) in [6, 6.07) is 12.9. The van der Waals surface area contributed by atoms with Crippen LogP contribution in [0.1, 0.15) is 35.8 Å². The fourth-order valence-corrected chi connectivity index (χ4v) is 2.73. The van der Waals surface area contributed by atoms with Crippen LogP contribution in [0.4, 0.5) is 10.1 Å². The number of hydrogen-bond donors (Lipinski definition) is 1. The van der Waals surface area contributed by atoms with Gasteiger partial charge in [-0.15, -0.1) is 0 Å². The summed E-state index contributed by atoms with van der Waals surface area (Å²) in [5.74, 6) is -0.513. The Labute approximate surface area is 150 Å². The molecule has 0 aliphatic carbocycles. The number of aromatic nitrogens is 2. The lowest BCUT2D eigenvalue weighted by atomic mass is 10.0. The molecule has 0 atom stereocenters. The second kappa shape index (κ2) is 7.07. The maximum atomic E-state index is 13.2. The van der Waals surface area contributed by atoms with Crippen molar-refractivity contribution in [3.8, 4) is 5.69 Å². The van der Waals surface area contributed by atoms with Crippen LogP contribution in [-0.4, -0.2) is 15.7 Å². The third-order valence-corrected chi connectivity index (χ3v) is 4.02. The molecule has 0 spiro atoms. The van der Waals surface area contributed by atoms with Crippen LogP contribution < -0.4 is 5.32 Å². The Bertz CT molecular complexity index is 886. The summed E-state index contributed by atoms with van der Waals surface area (Å²) in [5.41, 5.74) is 2.60. The lowest BCUT2D eigenvalue weighted by Crippen LogP contribution is -2.15. The van der Waals surface area contributed by atoms with Crippen LogP contribution in [0.3, 0.4) is 0 Å². The van der Waals surface area contributed by atoms with Gasteiger partial charge >= 0.3 is 0 Å². The van der Waals surface area contributed by atoms with E-state index in [2.05, 4.69) is 10.4 Å². The van der Waals surface area contributed by atoms with E-state index in [1.54, 1.807) is 41.1 Å². The molecule has 2 aromatic carbocycles. The molecule has 0 saturated heterocycles. The molecule has 4 nitrogen and oxygen atoms in total. The quantitative estimate of drug-likeness (QED) is 0.711. The van der Waals surface area contributed by atoms with Crippen molar-refractivity contribution in [1.29, 1.82) is 0 Å².